The Labute approximate surface area is 186 Å². The molecule has 170 valence electrons. The van der Waals surface area contributed by atoms with Gasteiger partial charge in [-0.25, -0.2) is 9.59 Å². The largest absolute Gasteiger partial charge is 0.496 e. The molecule has 8 heteroatoms. The molecule has 1 aliphatic heterocycles. The summed E-state index contributed by atoms with van der Waals surface area (Å²) in [5, 5.41) is 0. The highest BCUT2D eigenvalue weighted by atomic mass is 16.5. The van der Waals surface area contributed by atoms with Gasteiger partial charge in [0, 0.05) is 23.6 Å². The number of methoxy groups -OCH3 is 2. The van der Waals surface area contributed by atoms with Crippen LogP contribution in [0.15, 0.2) is 52.1 Å². The van der Waals surface area contributed by atoms with Crippen molar-refractivity contribution in [2.45, 2.75) is 45.8 Å². The van der Waals surface area contributed by atoms with E-state index in [-0.39, 0.29) is 30.7 Å². The van der Waals surface area contributed by atoms with Crippen LogP contribution in [0.1, 0.15) is 55.0 Å². The molecule has 0 aliphatic carbocycles. The van der Waals surface area contributed by atoms with Crippen molar-refractivity contribution in [1.29, 1.82) is 0 Å². The van der Waals surface area contributed by atoms with E-state index in [1.165, 1.54) is 18.1 Å². The number of esters is 2. The first-order chi connectivity index (χ1) is 15.3. The van der Waals surface area contributed by atoms with Gasteiger partial charge in [0.25, 0.3) is 0 Å². The van der Waals surface area contributed by atoms with Crippen LogP contribution in [0.3, 0.4) is 0 Å². The van der Waals surface area contributed by atoms with Gasteiger partial charge >= 0.3 is 11.9 Å². The van der Waals surface area contributed by atoms with Crippen molar-refractivity contribution in [2.75, 3.05) is 14.2 Å². The fourth-order valence-electron chi connectivity index (χ4n) is 3.79. The highest BCUT2D eigenvalue weighted by molar-refractivity contribution is 5.96. The molecule has 2 aromatic rings. The molecule has 0 spiro atoms. The molecule has 0 saturated carbocycles. The number of carbonyl (C=O) groups is 3. The highest BCUT2D eigenvalue weighted by Gasteiger charge is 2.38. The van der Waals surface area contributed by atoms with E-state index in [0.29, 0.717) is 22.8 Å². The first-order valence-electron chi connectivity index (χ1n) is 10.3. The van der Waals surface area contributed by atoms with Crippen molar-refractivity contribution in [3.05, 3.63) is 64.8 Å². The molecule has 1 amide bonds. The Morgan fingerprint density at radius 1 is 1.12 bits per heavy atom. The number of hydrogen-bond acceptors (Lipinski definition) is 7. The number of hydrogen-bond donors (Lipinski definition) is 0. The van der Waals surface area contributed by atoms with Gasteiger partial charge < -0.3 is 23.5 Å². The molecule has 1 aromatic heterocycles. The molecule has 1 unspecified atom stereocenters. The van der Waals surface area contributed by atoms with Crippen LogP contribution >= 0.6 is 0 Å². The van der Waals surface area contributed by atoms with Gasteiger partial charge in [-0.05, 0) is 39.0 Å². The quantitative estimate of drug-likeness (QED) is 0.603. The van der Waals surface area contributed by atoms with Crippen molar-refractivity contribution in [2.24, 2.45) is 0 Å². The molecule has 0 fully saturated rings. The van der Waals surface area contributed by atoms with E-state index >= 15 is 0 Å². The lowest BCUT2D eigenvalue weighted by atomic mass is 9.83. The highest BCUT2D eigenvalue weighted by Crippen LogP contribution is 2.41. The van der Waals surface area contributed by atoms with Crippen LogP contribution < -0.4 is 4.74 Å². The standard InChI is InChI=1S/C24H27NO7/c1-14(2)31-24(28)22-15(3)25(13-16-10-11-20(32-16)23(27)30-5)21(26)12-18(22)17-8-6-7-9-19(17)29-4/h6-11,14,18H,12-13H2,1-5H3. The van der Waals surface area contributed by atoms with E-state index in [2.05, 4.69) is 4.74 Å². The van der Waals surface area contributed by atoms with E-state index < -0.39 is 17.9 Å². The summed E-state index contributed by atoms with van der Waals surface area (Å²) in [5.41, 5.74) is 1.60. The molecule has 32 heavy (non-hydrogen) atoms. The predicted octanol–water partition coefficient (Wildman–Crippen LogP) is 3.82. The van der Waals surface area contributed by atoms with Gasteiger partial charge in [-0.1, -0.05) is 18.2 Å². The number of benzene rings is 1. The van der Waals surface area contributed by atoms with Gasteiger partial charge in [0.15, 0.2) is 0 Å². The lowest BCUT2D eigenvalue weighted by molar-refractivity contribution is -0.144. The normalized spacial score (nSPS) is 16.4. The molecule has 1 aliphatic rings. The lowest BCUT2D eigenvalue weighted by Crippen LogP contribution is -2.38. The third-order valence-electron chi connectivity index (χ3n) is 5.26. The third-order valence-corrected chi connectivity index (χ3v) is 5.26. The summed E-state index contributed by atoms with van der Waals surface area (Å²) in [4.78, 5) is 39.4. The molecule has 8 nitrogen and oxygen atoms in total. The van der Waals surface area contributed by atoms with E-state index in [9.17, 15) is 14.4 Å². The fourth-order valence-corrected chi connectivity index (χ4v) is 3.79. The maximum Gasteiger partial charge on any atom is 0.373 e. The molecular formula is C24H27NO7. The smallest absolute Gasteiger partial charge is 0.373 e. The molecule has 0 saturated heterocycles. The average molecular weight is 441 g/mol. The maximum atomic E-state index is 13.1. The number of rotatable bonds is 7. The summed E-state index contributed by atoms with van der Waals surface area (Å²) in [6.07, 6.45) is -0.259. The maximum absolute atomic E-state index is 13.1. The number of allylic oxidation sites excluding steroid dienone is 1. The minimum atomic E-state index is -0.606. The van der Waals surface area contributed by atoms with Crippen LogP contribution in [-0.4, -0.2) is 43.1 Å². The minimum absolute atomic E-state index is 0.0416. The zero-order valence-corrected chi connectivity index (χ0v) is 18.8. The third kappa shape index (κ3) is 4.69. The Balaban J connectivity index is 2.03. The second-order valence-corrected chi connectivity index (χ2v) is 7.69. The first kappa shape index (κ1) is 23.1. The first-order valence-corrected chi connectivity index (χ1v) is 10.3. The number of carbonyl (C=O) groups excluding carboxylic acids is 3. The number of amides is 1. The summed E-state index contributed by atoms with van der Waals surface area (Å²) in [6, 6.07) is 10.4. The molecule has 1 atom stereocenters. The summed E-state index contributed by atoms with van der Waals surface area (Å²) in [7, 11) is 2.81. The average Bonchev–Trinajstić information content (AvgIpc) is 3.23. The van der Waals surface area contributed by atoms with Crippen LogP contribution in [0.25, 0.3) is 0 Å². The number of para-hydroxylation sites is 1. The molecule has 3 rings (SSSR count). The van der Waals surface area contributed by atoms with E-state index in [1.54, 1.807) is 40.0 Å². The number of nitrogens with zero attached hydrogens (tertiary/aromatic N) is 1. The van der Waals surface area contributed by atoms with Gasteiger partial charge in [-0.3, -0.25) is 4.79 Å². The molecule has 2 heterocycles. The van der Waals surface area contributed by atoms with Crippen LogP contribution in [0.5, 0.6) is 5.75 Å². The Bertz CT molecular complexity index is 1050. The van der Waals surface area contributed by atoms with E-state index in [0.717, 1.165) is 5.56 Å². The van der Waals surface area contributed by atoms with Gasteiger partial charge in [-0.2, -0.15) is 0 Å². The summed E-state index contributed by atoms with van der Waals surface area (Å²) in [6.45, 7) is 5.32. The second kappa shape index (κ2) is 9.72. The van der Waals surface area contributed by atoms with Crippen LogP contribution in [0, 0.1) is 0 Å². The minimum Gasteiger partial charge on any atom is -0.496 e. The van der Waals surface area contributed by atoms with Crippen molar-refractivity contribution in [3.63, 3.8) is 0 Å². The Hall–Kier alpha value is -3.55. The Morgan fingerprint density at radius 3 is 2.50 bits per heavy atom. The monoisotopic (exact) mass is 441 g/mol. The summed E-state index contributed by atoms with van der Waals surface area (Å²) < 4.78 is 21.2. The number of furan rings is 1. The molecule has 0 bridgehead atoms. The zero-order chi connectivity index (χ0) is 23.4. The zero-order valence-electron chi connectivity index (χ0n) is 18.8. The summed E-state index contributed by atoms with van der Waals surface area (Å²) >= 11 is 0. The van der Waals surface area contributed by atoms with Gasteiger partial charge in [0.2, 0.25) is 11.7 Å². The second-order valence-electron chi connectivity index (χ2n) is 7.69. The fraction of sp³-hybridized carbons (Fsp3) is 0.375. The van der Waals surface area contributed by atoms with Gasteiger partial charge in [0.05, 0.1) is 32.4 Å². The van der Waals surface area contributed by atoms with Crippen molar-refractivity contribution < 1.29 is 33.0 Å². The van der Waals surface area contributed by atoms with E-state index in [1.807, 2.05) is 18.2 Å². The predicted molar refractivity (Wildman–Crippen MR) is 115 cm³/mol. The van der Waals surface area contributed by atoms with Crippen molar-refractivity contribution >= 4 is 17.8 Å². The van der Waals surface area contributed by atoms with Crippen molar-refractivity contribution in [1.82, 2.24) is 4.90 Å². The number of ether oxygens (including phenoxy) is 3. The van der Waals surface area contributed by atoms with Crippen LogP contribution in [0.4, 0.5) is 0 Å². The van der Waals surface area contributed by atoms with Gasteiger partial charge in [0.1, 0.15) is 11.5 Å². The Morgan fingerprint density at radius 2 is 1.84 bits per heavy atom. The summed E-state index contributed by atoms with van der Waals surface area (Å²) in [5.74, 6) is -0.758. The Kier molecular flexibility index (Phi) is 7.02. The molecular weight excluding hydrogens is 414 g/mol. The van der Waals surface area contributed by atoms with Crippen molar-refractivity contribution in [3.8, 4) is 5.75 Å². The van der Waals surface area contributed by atoms with E-state index in [4.69, 9.17) is 13.9 Å². The van der Waals surface area contributed by atoms with Crippen LogP contribution in [-0.2, 0) is 25.6 Å². The van der Waals surface area contributed by atoms with Gasteiger partial charge in [-0.15, -0.1) is 0 Å². The molecule has 1 aromatic carbocycles. The molecule has 0 radical (unpaired) electrons. The SMILES string of the molecule is COC(=O)c1ccc(CN2C(=O)CC(c3ccccc3OC)C(C(=O)OC(C)C)=C2C)o1. The molecule has 0 N–H and O–H groups in total. The topological polar surface area (TPSA) is 95.3 Å². The van der Waals surface area contributed by atoms with Crippen LogP contribution in [0.2, 0.25) is 0 Å². The lowest BCUT2D eigenvalue weighted by Gasteiger charge is -2.34.